The molecular formula is C25H29NO3. The molecule has 1 atom stereocenters. The van der Waals surface area contributed by atoms with Crippen molar-refractivity contribution in [2.24, 2.45) is 0 Å². The predicted octanol–water partition coefficient (Wildman–Crippen LogP) is 5.97. The monoisotopic (exact) mass is 391 g/mol. The number of aryl methyl sites for hydroxylation is 2. The second-order valence-corrected chi connectivity index (χ2v) is 7.57. The van der Waals surface area contributed by atoms with E-state index < -0.39 is 0 Å². The minimum atomic E-state index is 0.595. The quantitative estimate of drug-likeness (QED) is 0.474. The van der Waals surface area contributed by atoms with Gasteiger partial charge in [-0.2, -0.15) is 0 Å². The van der Waals surface area contributed by atoms with Crippen LogP contribution in [-0.2, 0) is 19.3 Å². The third-order valence-corrected chi connectivity index (χ3v) is 5.85. The highest BCUT2D eigenvalue weighted by atomic mass is 16.5. The maximum Gasteiger partial charge on any atom is 0.226 e. The minimum absolute atomic E-state index is 0.595. The summed E-state index contributed by atoms with van der Waals surface area (Å²) in [6.07, 6.45) is 5.20. The first kappa shape index (κ1) is 19.6. The van der Waals surface area contributed by atoms with E-state index in [4.69, 9.17) is 18.9 Å². The topological polar surface area (TPSA) is 44.5 Å². The van der Waals surface area contributed by atoms with Crippen LogP contribution in [0.1, 0.15) is 55.2 Å². The zero-order valence-corrected chi connectivity index (χ0v) is 17.5. The van der Waals surface area contributed by atoms with Crippen LogP contribution < -0.4 is 9.47 Å². The van der Waals surface area contributed by atoms with Gasteiger partial charge in [0.2, 0.25) is 5.89 Å². The Morgan fingerprint density at radius 2 is 1.86 bits per heavy atom. The van der Waals surface area contributed by atoms with Gasteiger partial charge in [-0.1, -0.05) is 19.9 Å². The lowest BCUT2D eigenvalue weighted by atomic mass is 9.99. The van der Waals surface area contributed by atoms with E-state index in [1.54, 1.807) is 7.11 Å². The van der Waals surface area contributed by atoms with Gasteiger partial charge in [-0.05, 0) is 72.7 Å². The van der Waals surface area contributed by atoms with E-state index in [-0.39, 0.29) is 0 Å². The van der Waals surface area contributed by atoms with Crippen LogP contribution in [0, 0.1) is 0 Å². The number of aromatic nitrogens is 1. The second kappa shape index (κ2) is 8.73. The number of hydrogen-bond acceptors (Lipinski definition) is 4. The van der Waals surface area contributed by atoms with Crippen molar-refractivity contribution in [3.63, 3.8) is 0 Å². The number of rotatable bonds is 8. The maximum absolute atomic E-state index is 6.05. The molecule has 0 aliphatic heterocycles. The molecule has 0 radical (unpaired) electrons. The zero-order chi connectivity index (χ0) is 20.2. The molecule has 0 unspecified atom stereocenters. The highest BCUT2D eigenvalue weighted by molar-refractivity contribution is 5.55. The van der Waals surface area contributed by atoms with Gasteiger partial charge in [0, 0.05) is 18.4 Å². The fourth-order valence-electron chi connectivity index (χ4n) is 4.17. The van der Waals surface area contributed by atoms with Crippen LogP contribution in [0.5, 0.6) is 11.5 Å². The van der Waals surface area contributed by atoms with Crippen molar-refractivity contribution in [1.82, 2.24) is 4.98 Å². The number of oxazole rings is 1. The number of ether oxygens (including phenoxy) is 2. The maximum atomic E-state index is 6.05. The highest BCUT2D eigenvalue weighted by Crippen LogP contribution is 2.37. The Hall–Kier alpha value is -2.75. The van der Waals surface area contributed by atoms with Gasteiger partial charge in [0.25, 0.3) is 0 Å². The number of nitrogens with zero attached hydrogens (tertiary/aromatic N) is 1. The zero-order valence-electron chi connectivity index (χ0n) is 17.5. The molecule has 1 heterocycles. The normalized spacial score (nSPS) is 15.3. The van der Waals surface area contributed by atoms with Crippen molar-refractivity contribution in [2.75, 3.05) is 13.7 Å². The summed E-state index contributed by atoms with van der Waals surface area (Å²) >= 11 is 0. The summed E-state index contributed by atoms with van der Waals surface area (Å²) in [5.41, 5.74) is 4.89. The molecule has 0 spiro atoms. The first-order chi connectivity index (χ1) is 14.2. The van der Waals surface area contributed by atoms with Gasteiger partial charge in [-0.25, -0.2) is 4.98 Å². The number of fused-ring (bicyclic) bond motifs is 1. The lowest BCUT2D eigenvalue weighted by Gasteiger charge is -2.10. The fourth-order valence-corrected chi connectivity index (χ4v) is 4.17. The molecule has 2 aromatic carbocycles. The Kier molecular flexibility index (Phi) is 5.89. The third kappa shape index (κ3) is 4.16. The Morgan fingerprint density at radius 1 is 1.07 bits per heavy atom. The van der Waals surface area contributed by atoms with Crippen LogP contribution >= 0.6 is 0 Å². The second-order valence-electron chi connectivity index (χ2n) is 7.57. The number of hydrogen-bond donors (Lipinski definition) is 0. The standard InChI is InChI=1S/C25H29NO3/c1-4-17-6-7-19-16-21(12-13-22(17)19)28-15-14-23-24(5-2)29-25(26-23)18-8-10-20(27-3)11-9-18/h8-13,16-17H,4-7,14-15H2,1-3H3/t17-/m1/s1. The lowest BCUT2D eigenvalue weighted by Crippen LogP contribution is -2.04. The first-order valence-electron chi connectivity index (χ1n) is 10.6. The Balaban J connectivity index is 1.41. The van der Waals surface area contributed by atoms with Gasteiger partial charge >= 0.3 is 0 Å². The van der Waals surface area contributed by atoms with Crippen molar-refractivity contribution in [1.29, 1.82) is 0 Å². The van der Waals surface area contributed by atoms with Crippen molar-refractivity contribution in [3.8, 4) is 23.0 Å². The molecule has 1 aliphatic rings. The van der Waals surface area contributed by atoms with Gasteiger partial charge in [-0.3, -0.25) is 0 Å². The van der Waals surface area contributed by atoms with Crippen LogP contribution in [0.4, 0.5) is 0 Å². The minimum Gasteiger partial charge on any atom is -0.497 e. The fraction of sp³-hybridized carbons (Fsp3) is 0.400. The molecule has 0 bridgehead atoms. The van der Waals surface area contributed by atoms with E-state index in [0.29, 0.717) is 12.5 Å². The third-order valence-electron chi connectivity index (χ3n) is 5.85. The SMILES string of the molecule is CCc1oc(-c2ccc(OC)cc2)nc1CCOc1ccc2c(c1)CC[C@H]2CC. The van der Waals surface area contributed by atoms with E-state index in [9.17, 15) is 0 Å². The summed E-state index contributed by atoms with van der Waals surface area (Å²) in [5, 5.41) is 0. The molecule has 0 fully saturated rings. The van der Waals surface area contributed by atoms with Gasteiger partial charge in [0.1, 0.15) is 17.3 Å². The molecule has 0 amide bonds. The van der Waals surface area contributed by atoms with Crippen LogP contribution in [0.15, 0.2) is 46.9 Å². The van der Waals surface area contributed by atoms with E-state index in [0.717, 1.165) is 47.3 Å². The largest absolute Gasteiger partial charge is 0.497 e. The Morgan fingerprint density at radius 3 is 2.59 bits per heavy atom. The molecule has 4 heteroatoms. The number of benzene rings is 2. The van der Waals surface area contributed by atoms with E-state index in [2.05, 4.69) is 32.0 Å². The first-order valence-corrected chi connectivity index (χ1v) is 10.6. The summed E-state index contributed by atoms with van der Waals surface area (Å²) < 4.78 is 17.3. The van der Waals surface area contributed by atoms with E-state index in [1.807, 2.05) is 24.3 Å². The molecule has 29 heavy (non-hydrogen) atoms. The highest BCUT2D eigenvalue weighted by Gasteiger charge is 2.21. The molecule has 152 valence electrons. The number of methoxy groups -OCH3 is 1. The Labute approximate surface area is 172 Å². The van der Waals surface area contributed by atoms with Gasteiger partial charge in [0.05, 0.1) is 19.4 Å². The summed E-state index contributed by atoms with van der Waals surface area (Å²) in [6, 6.07) is 14.4. The molecule has 1 aliphatic carbocycles. The molecule has 4 nitrogen and oxygen atoms in total. The van der Waals surface area contributed by atoms with Crippen molar-refractivity contribution < 1.29 is 13.9 Å². The summed E-state index contributed by atoms with van der Waals surface area (Å²) in [7, 11) is 1.66. The van der Waals surface area contributed by atoms with E-state index >= 15 is 0 Å². The summed E-state index contributed by atoms with van der Waals surface area (Å²) in [5.74, 6) is 4.08. The summed E-state index contributed by atoms with van der Waals surface area (Å²) in [4.78, 5) is 4.73. The smallest absolute Gasteiger partial charge is 0.226 e. The van der Waals surface area contributed by atoms with Gasteiger partial charge in [0.15, 0.2) is 0 Å². The molecular weight excluding hydrogens is 362 g/mol. The lowest BCUT2D eigenvalue weighted by molar-refractivity contribution is 0.319. The average Bonchev–Trinajstić information content (AvgIpc) is 3.37. The summed E-state index contributed by atoms with van der Waals surface area (Å²) in [6.45, 7) is 4.96. The molecule has 0 saturated carbocycles. The molecule has 4 rings (SSSR count). The molecule has 0 N–H and O–H groups in total. The molecule has 3 aromatic rings. The van der Waals surface area contributed by atoms with E-state index in [1.165, 1.54) is 30.4 Å². The van der Waals surface area contributed by atoms with Crippen molar-refractivity contribution in [2.45, 2.75) is 51.9 Å². The van der Waals surface area contributed by atoms with Gasteiger partial charge in [-0.15, -0.1) is 0 Å². The van der Waals surface area contributed by atoms with Crippen molar-refractivity contribution >= 4 is 0 Å². The Bertz CT molecular complexity index is 959. The average molecular weight is 392 g/mol. The van der Waals surface area contributed by atoms with Crippen LogP contribution in [0.3, 0.4) is 0 Å². The van der Waals surface area contributed by atoms with Gasteiger partial charge < -0.3 is 13.9 Å². The molecule has 0 saturated heterocycles. The van der Waals surface area contributed by atoms with Crippen LogP contribution in [0.25, 0.3) is 11.5 Å². The predicted molar refractivity (Wildman–Crippen MR) is 115 cm³/mol. The van der Waals surface area contributed by atoms with Crippen LogP contribution in [0.2, 0.25) is 0 Å². The van der Waals surface area contributed by atoms with Crippen molar-refractivity contribution in [3.05, 3.63) is 65.0 Å². The van der Waals surface area contributed by atoms with Crippen LogP contribution in [-0.4, -0.2) is 18.7 Å². The molecule has 1 aromatic heterocycles.